The van der Waals surface area contributed by atoms with Crippen LogP contribution in [0.1, 0.15) is 38.3 Å². The van der Waals surface area contributed by atoms with Crippen LogP contribution in [0.3, 0.4) is 0 Å². The molecule has 0 aromatic heterocycles. The quantitative estimate of drug-likeness (QED) is 0.619. The molecule has 10 heteroatoms. The summed E-state index contributed by atoms with van der Waals surface area (Å²) >= 11 is 0.715. The van der Waals surface area contributed by atoms with Gasteiger partial charge in [-0.1, -0.05) is 12.1 Å². The second kappa shape index (κ2) is 8.60. The number of rotatable bonds is 6. The van der Waals surface area contributed by atoms with Gasteiger partial charge in [0.2, 0.25) is 11.8 Å². The maximum absolute atomic E-state index is 12.8. The fraction of sp³-hybridized carbons (Fsp3) is 0.190. The minimum absolute atomic E-state index is 0.203. The number of hydrogen-bond donors (Lipinski definition) is 3. The van der Waals surface area contributed by atoms with Gasteiger partial charge in [-0.3, -0.25) is 14.4 Å². The van der Waals surface area contributed by atoms with Crippen LogP contribution >= 0.6 is 11.8 Å². The van der Waals surface area contributed by atoms with Crippen LogP contribution in [-0.2, 0) is 9.59 Å². The number of benzene rings is 2. The summed E-state index contributed by atoms with van der Waals surface area (Å²) in [6, 6.07) is 8.57. The average molecular weight is 442 g/mol. The Labute approximate surface area is 181 Å². The number of amides is 3. The van der Waals surface area contributed by atoms with Crippen LogP contribution < -0.4 is 10.2 Å². The van der Waals surface area contributed by atoms with Crippen LogP contribution in [0, 0.1) is 13.8 Å². The minimum atomic E-state index is -1.35. The molecule has 1 atom stereocenters. The molecule has 1 unspecified atom stereocenters. The maximum atomic E-state index is 12.8. The van der Waals surface area contributed by atoms with Gasteiger partial charge in [0.15, 0.2) is 0 Å². The lowest BCUT2D eigenvalue weighted by atomic mass is 10.1. The molecule has 2 aromatic rings. The topological polar surface area (TPSA) is 141 Å². The monoisotopic (exact) mass is 442 g/mol. The lowest BCUT2D eigenvalue weighted by Crippen LogP contribution is -2.33. The first-order chi connectivity index (χ1) is 14.6. The third kappa shape index (κ3) is 4.58. The molecule has 1 saturated heterocycles. The van der Waals surface area contributed by atoms with E-state index in [0.29, 0.717) is 17.4 Å². The summed E-state index contributed by atoms with van der Waals surface area (Å²) in [4.78, 5) is 61.3. The molecule has 1 aliphatic rings. The van der Waals surface area contributed by atoms with Crippen molar-refractivity contribution in [2.24, 2.45) is 0 Å². The number of anilines is 2. The number of nitrogens with one attached hydrogen (secondary N) is 1. The van der Waals surface area contributed by atoms with Crippen LogP contribution in [-0.4, -0.2) is 44.5 Å². The molecular formula is C21H18N2O7S. The summed E-state index contributed by atoms with van der Waals surface area (Å²) in [6.07, 6.45) is -0.382. The van der Waals surface area contributed by atoms with Gasteiger partial charge in [0.1, 0.15) is 5.25 Å². The predicted octanol–water partition coefficient (Wildman–Crippen LogP) is 3.30. The van der Waals surface area contributed by atoms with Gasteiger partial charge in [-0.05, 0) is 61.0 Å². The summed E-state index contributed by atoms with van der Waals surface area (Å²) in [7, 11) is 0. The average Bonchev–Trinajstić information content (AvgIpc) is 2.96. The number of carbonyl (C=O) groups excluding carboxylic acids is 3. The number of carboxylic acid groups (broad SMARTS) is 2. The molecule has 160 valence electrons. The van der Waals surface area contributed by atoms with Gasteiger partial charge < -0.3 is 15.5 Å². The third-order valence-corrected chi connectivity index (χ3v) is 5.71. The van der Waals surface area contributed by atoms with E-state index < -0.39 is 34.2 Å². The van der Waals surface area contributed by atoms with E-state index in [-0.39, 0.29) is 23.2 Å². The lowest BCUT2D eigenvalue weighted by molar-refractivity contribution is -0.121. The maximum Gasteiger partial charge on any atom is 0.337 e. The Morgan fingerprint density at radius 2 is 1.74 bits per heavy atom. The highest BCUT2D eigenvalue weighted by molar-refractivity contribution is 8.15. The van der Waals surface area contributed by atoms with Crippen molar-refractivity contribution in [3.63, 3.8) is 0 Å². The van der Waals surface area contributed by atoms with Crippen molar-refractivity contribution in [3.05, 3.63) is 58.7 Å². The number of carboxylic acids is 2. The largest absolute Gasteiger partial charge is 0.478 e. The van der Waals surface area contributed by atoms with E-state index in [0.717, 1.165) is 34.2 Å². The second-order valence-electron chi connectivity index (χ2n) is 6.96. The molecule has 9 nitrogen and oxygen atoms in total. The molecule has 31 heavy (non-hydrogen) atoms. The number of aromatic carboxylic acids is 2. The zero-order valence-corrected chi connectivity index (χ0v) is 17.4. The standard InChI is InChI=1S/C21H18N2O7S/c1-10-3-4-11(2)15(7-10)23-18(25)16(31-21(23)30)9-17(24)22-14-8-12(19(26)27)5-6-13(14)20(28)29/h3-8,16H,9H2,1-2H3,(H,22,24)(H,26,27)(H,28,29). The van der Waals surface area contributed by atoms with Gasteiger partial charge in [0.05, 0.1) is 22.5 Å². The van der Waals surface area contributed by atoms with E-state index >= 15 is 0 Å². The van der Waals surface area contributed by atoms with E-state index in [2.05, 4.69) is 5.32 Å². The van der Waals surface area contributed by atoms with Gasteiger partial charge in [-0.25, -0.2) is 14.5 Å². The SMILES string of the molecule is Cc1ccc(C)c(N2C(=O)SC(CC(=O)Nc3cc(C(=O)O)ccc3C(=O)O)C2=O)c1. The first-order valence-corrected chi connectivity index (χ1v) is 9.98. The highest BCUT2D eigenvalue weighted by atomic mass is 32.2. The molecule has 3 N–H and O–H groups in total. The van der Waals surface area contributed by atoms with Crippen molar-refractivity contribution >= 4 is 52.1 Å². The number of carbonyl (C=O) groups is 5. The Kier molecular flexibility index (Phi) is 6.11. The highest BCUT2D eigenvalue weighted by Gasteiger charge is 2.42. The zero-order valence-electron chi connectivity index (χ0n) is 16.5. The molecule has 0 spiro atoms. The van der Waals surface area contributed by atoms with Crippen LogP contribution in [0.4, 0.5) is 16.2 Å². The predicted molar refractivity (Wildman–Crippen MR) is 114 cm³/mol. The number of aryl methyl sites for hydroxylation is 2. The molecule has 0 aliphatic carbocycles. The molecule has 3 amide bonds. The van der Waals surface area contributed by atoms with Crippen molar-refractivity contribution in [2.45, 2.75) is 25.5 Å². The second-order valence-corrected chi connectivity index (χ2v) is 8.11. The minimum Gasteiger partial charge on any atom is -0.478 e. The first-order valence-electron chi connectivity index (χ1n) is 9.11. The summed E-state index contributed by atoms with van der Waals surface area (Å²) < 4.78 is 0. The molecule has 1 fully saturated rings. The van der Waals surface area contributed by atoms with Crippen LogP contribution in [0.25, 0.3) is 0 Å². The molecule has 0 bridgehead atoms. The first kappa shape index (κ1) is 22.0. The Hall–Kier alpha value is -3.66. The smallest absolute Gasteiger partial charge is 0.337 e. The summed E-state index contributed by atoms with van der Waals surface area (Å²) in [5, 5.41) is 19.2. The highest BCUT2D eigenvalue weighted by Crippen LogP contribution is 2.35. The molecule has 2 aromatic carbocycles. The van der Waals surface area contributed by atoms with Gasteiger partial charge in [-0.2, -0.15) is 0 Å². The zero-order chi connectivity index (χ0) is 22.9. The van der Waals surface area contributed by atoms with Gasteiger partial charge in [-0.15, -0.1) is 0 Å². The Morgan fingerprint density at radius 1 is 1.03 bits per heavy atom. The fourth-order valence-electron chi connectivity index (χ4n) is 3.10. The molecular weight excluding hydrogens is 424 g/mol. The normalized spacial score (nSPS) is 15.8. The van der Waals surface area contributed by atoms with Crippen LogP contribution in [0.5, 0.6) is 0 Å². The molecule has 1 heterocycles. The van der Waals surface area contributed by atoms with Crippen molar-refractivity contribution in [2.75, 3.05) is 10.2 Å². The molecule has 3 rings (SSSR count). The fourth-order valence-corrected chi connectivity index (χ4v) is 4.08. The van der Waals surface area contributed by atoms with Crippen molar-refractivity contribution < 1.29 is 34.2 Å². The van der Waals surface area contributed by atoms with Crippen LogP contribution in [0.2, 0.25) is 0 Å². The van der Waals surface area contributed by atoms with Crippen molar-refractivity contribution in [1.82, 2.24) is 0 Å². The van der Waals surface area contributed by atoms with Crippen molar-refractivity contribution in [1.29, 1.82) is 0 Å². The Balaban J connectivity index is 1.79. The van der Waals surface area contributed by atoms with E-state index in [1.807, 2.05) is 13.0 Å². The number of nitrogens with zero attached hydrogens (tertiary/aromatic N) is 1. The number of hydrogen-bond acceptors (Lipinski definition) is 6. The van der Waals surface area contributed by atoms with E-state index in [1.165, 1.54) is 0 Å². The number of thioether (sulfide) groups is 1. The summed E-state index contributed by atoms with van der Waals surface area (Å²) in [5.41, 5.74) is 1.35. The van der Waals surface area contributed by atoms with Gasteiger partial charge in [0.25, 0.3) is 5.24 Å². The molecule has 0 radical (unpaired) electrons. The van der Waals surface area contributed by atoms with Crippen molar-refractivity contribution in [3.8, 4) is 0 Å². The molecule has 1 aliphatic heterocycles. The Morgan fingerprint density at radius 3 is 2.39 bits per heavy atom. The third-order valence-electron chi connectivity index (χ3n) is 4.67. The molecule has 0 saturated carbocycles. The summed E-state index contributed by atoms with van der Waals surface area (Å²) in [5.74, 6) is -3.90. The van der Waals surface area contributed by atoms with Gasteiger partial charge in [0, 0.05) is 6.42 Å². The Bertz CT molecular complexity index is 1130. The van der Waals surface area contributed by atoms with E-state index in [1.54, 1.807) is 19.1 Å². The number of imide groups is 1. The van der Waals surface area contributed by atoms with E-state index in [9.17, 15) is 29.1 Å². The van der Waals surface area contributed by atoms with E-state index in [4.69, 9.17) is 5.11 Å². The summed E-state index contributed by atoms with van der Waals surface area (Å²) in [6.45, 7) is 3.60. The lowest BCUT2D eigenvalue weighted by Gasteiger charge is -2.17. The van der Waals surface area contributed by atoms with Crippen LogP contribution in [0.15, 0.2) is 36.4 Å². The van der Waals surface area contributed by atoms with Gasteiger partial charge >= 0.3 is 11.9 Å².